The second-order valence-electron chi connectivity index (χ2n) is 2.93. The van der Waals surface area contributed by atoms with E-state index in [0.29, 0.717) is 0 Å². The van der Waals surface area contributed by atoms with Crippen molar-refractivity contribution in [3.8, 4) is 0 Å². The Balaban J connectivity index is 2.68. The van der Waals surface area contributed by atoms with Gasteiger partial charge in [0.05, 0.1) is 6.04 Å². The van der Waals surface area contributed by atoms with Crippen molar-refractivity contribution in [3.63, 3.8) is 0 Å². The minimum atomic E-state index is -0.104. The molecule has 0 saturated heterocycles. The molecule has 0 aliphatic rings. The topological polar surface area (TPSA) is 29.1 Å². The zero-order valence-electron chi connectivity index (χ0n) is 8.00. The van der Waals surface area contributed by atoms with Crippen molar-refractivity contribution < 1.29 is 4.79 Å². The third kappa shape index (κ3) is 2.67. The lowest BCUT2D eigenvalue weighted by Gasteiger charge is -2.10. The number of hydrogen-bond donors (Lipinski definition) is 1. The molecule has 1 radical (unpaired) electrons. The monoisotopic (exact) mass is 176 g/mol. The van der Waals surface area contributed by atoms with Crippen LogP contribution in [-0.4, -0.2) is 18.4 Å². The summed E-state index contributed by atoms with van der Waals surface area (Å²) in [6.45, 7) is 4.68. The van der Waals surface area contributed by atoms with E-state index in [0.717, 1.165) is 12.1 Å². The summed E-state index contributed by atoms with van der Waals surface area (Å²) in [6, 6.07) is 9.87. The number of Topliss-reactive ketones (excluding diaryl/α,β-unsaturated/α-hetero) is 1. The number of rotatable bonds is 4. The maximum Gasteiger partial charge on any atom is 0.179 e. The van der Waals surface area contributed by atoms with Crippen LogP contribution in [0.3, 0.4) is 0 Å². The summed E-state index contributed by atoms with van der Waals surface area (Å²) in [5.41, 5.74) is 0.743. The summed E-state index contributed by atoms with van der Waals surface area (Å²) in [5.74, 6) is 0.135. The van der Waals surface area contributed by atoms with Gasteiger partial charge in [-0.2, -0.15) is 0 Å². The van der Waals surface area contributed by atoms with Gasteiger partial charge in [0.15, 0.2) is 5.78 Å². The van der Waals surface area contributed by atoms with Gasteiger partial charge in [-0.3, -0.25) is 4.79 Å². The Labute approximate surface area is 79.0 Å². The van der Waals surface area contributed by atoms with Gasteiger partial charge >= 0.3 is 0 Å². The Morgan fingerprint density at radius 2 is 2.15 bits per heavy atom. The lowest BCUT2D eigenvalue weighted by atomic mass is 10.1. The van der Waals surface area contributed by atoms with Crippen LogP contribution in [0.15, 0.2) is 24.3 Å². The highest BCUT2D eigenvalue weighted by molar-refractivity contribution is 5.99. The van der Waals surface area contributed by atoms with Crippen LogP contribution in [0.4, 0.5) is 0 Å². The molecule has 0 aliphatic carbocycles. The number of likely N-dealkylation sites (N-methyl/N-ethyl adjacent to an activating group) is 1. The number of nitrogens with one attached hydrogen (secondary N) is 1. The first-order valence-electron chi connectivity index (χ1n) is 4.49. The lowest BCUT2D eigenvalue weighted by molar-refractivity contribution is 0.0952. The van der Waals surface area contributed by atoms with E-state index in [2.05, 4.69) is 11.4 Å². The van der Waals surface area contributed by atoms with Crippen LogP contribution in [0, 0.1) is 6.07 Å². The summed E-state index contributed by atoms with van der Waals surface area (Å²) in [7, 11) is 0. The largest absolute Gasteiger partial charge is 0.308 e. The van der Waals surface area contributed by atoms with Crippen molar-refractivity contribution in [3.05, 3.63) is 35.9 Å². The minimum Gasteiger partial charge on any atom is -0.308 e. The van der Waals surface area contributed by atoms with Crippen molar-refractivity contribution in [2.45, 2.75) is 19.9 Å². The fourth-order valence-corrected chi connectivity index (χ4v) is 1.20. The van der Waals surface area contributed by atoms with Crippen LogP contribution < -0.4 is 5.32 Å². The van der Waals surface area contributed by atoms with E-state index in [4.69, 9.17) is 0 Å². The molecule has 0 spiro atoms. The van der Waals surface area contributed by atoms with Gasteiger partial charge in [0.25, 0.3) is 0 Å². The first-order chi connectivity index (χ1) is 6.25. The van der Waals surface area contributed by atoms with Gasteiger partial charge in [-0.25, -0.2) is 0 Å². The van der Waals surface area contributed by atoms with E-state index in [1.54, 1.807) is 24.3 Å². The van der Waals surface area contributed by atoms with Gasteiger partial charge < -0.3 is 5.32 Å². The molecule has 0 amide bonds. The third-order valence-corrected chi connectivity index (χ3v) is 1.91. The summed E-state index contributed by atoms with van der Waals surface area (Å²) >= 11 is 0. The molecular weight excluding hydrogens is 162 g/mol. The normalized spacial score (nSPS) is 12.5. The number of ketones is 1. The van der Waals surface area contributed by atoms with Crippen molar-refractivity contribution in [2.24, 2.45) is 0 Å². The molecule has 69 valence electrons. The molecule has 0 bridgehead atoms. The quantitative estimate of drug-likeness (QED) is 0.707. The van der Waals surface area contributed by atoms with Gasteiger partial charge in [0.1, 0.15) is 0 Å². The van der Waals surface area contributed by atoms with Crippen LogP contribution in [0.2, 0.25) is 0 Å². The van der Waals surface area contributed by atoms with E-state index in [-0.39, 0.29) is 11.8 Å². The molecule has 0 saturated carbocycles. The van der Waals surface area contributed by atoms with Gasteiger partial charge in [0, 0.05) is 5.56 Å². The van der Waals surface area contributed by atoms with Crippen LogP contribution >= 0.6 is 0 Å². The number of carbonyl (C=O) groups excluding carboxylic acids is 1. The molecule has 13 heavy (non-hydrogen) atoms. The molecule has 0 aromatic heterocycles. The fourth-order valence-electron chi connectivity index (χ4n) is 1.20. The SMILES string of the molecule is CCNC(C)C(=O)c1cc[c]cc1. The predicted molar refractivity (Wildman–Crippen MR) is 52.7 cm³/mol. The summed E-state index contributed by atoms with van der Waals surface area (Å²) in [4.78, 5) is 11.7. The summed E-state index contributed by atoms with van der Waals surface area (Å²) in [6.07, 6.45) is 0. The molecule has 1 atom stereocenters. The average molecular weight is 176 g/mol. The number of benzene rings is 1. The number of hydrogen-bond acceptors (Lipinski definition) is 2. The van der Waals surface area contributed by atoms with Gasteiger partial charge in [-0.15, -0.1) is 0 Å². The van der Waals surface area contributed by atoms with E-state index in [1.807, 2.05) is 13.8 Å². The standard InChI is InChI=1S/C11H14NO/c1-3-12-9(2)11(13)10-7-5-4-6-8-10/h5-9,12H,3H2,1-2H3. The first-order valence-corrected chi connectivity index (χ1v) is 4.49. The smallest absolute Gasteiger partial charge is 0.179 e. The molecule has 2 nitrogen and oxygen atoms in total. The highest BCUT2D eigenvalue weighted by Crippen LogP contribution is 2.02. The Morgan fingerprint density at radius 1 is 1.54 bits per heavy atom. The van der Waals surface area contributed by atoms with Crippen LogP contribution in [0.5, 0.6) is 0 Å². The second-order valence-corrected chi connectivity index (χ2v) is 2.93. The maximum absolute atomic E-state index is 11.7. The zero-order chi connectivity index (χ0) is 9.68. The highest BCUT2D eigenvalue weighted by Gasteiger charge is 2.12. The van der Waals surface area contributed by atoms with E-state index in [9.17, 15) is 4.79 Å². The molecule has 1 rings (SSSR count). The summed E-state index contributed by atoms with van der Waals surface area (Å²) in [5, 5.41) is 3.08. The Kier molecular flexibility index (Phi) is 3.65. The molecule has 1 unspecified atom stereocenters. The first kappa shape index (κ1) is 9.93. The number of carbonyl (C=O) groups is 1. The highest BCUT2D eigenvalue weighted by atomic mass is 16.1. The van der Waals surface area contributed by atoms with Crippen molar-refractivity contribution in [1.29, 1.82) is 0 Å². The van der Waals surface area contributed by atoms with E-state index < -0.39 is 0 Å². The van der Waals surface area contributed by atoms with Crippen LogP contribution in [-0.2, 0) is 0 Å². The average Bonchev–Trinajstić information content (AvgIpc) is 2.18. The van der Waals surface area contributed by atoms with Gasteiger partial charge in [-0.05, 0) is 19.5 Å². The minimum absolute atomic E-state index is 0.104. The Hall–Kier alpha value is -1.15. The van der Waals surface area contributed by atoms with Crippen molar-refractivity contribution in [2.75, 3.05) is 6.54 Å². The zero-order valence-corrected chi connectivity index (χ0v) is 8.00. The predicted octanol–water partition coefficient (Wildman–Crippen LogP) is 1.67. The second kappa shape index (κ2) is 4.77. The Bertz CT molecular complexity index is 269. The fraction of sp³-hybridized carbons (Fsp3) is 0.364. The molecule has 0 aliphatic heterocycles. The molecular formula is C11H14NO. The third-order valence-electron chi connectivity index (χ3n) is 1.91. The molecule has 1 aromatic rings. The maximum atomic E-state index is 11.7. The van der Waals surface area contributed by atoms with E-state index >= 15 is 0 Å². The Morgan fingerprint density at radius 3 is 2.69 bits per heavy atom. The van der Waals surface area contributed by atoms with E-state index in [1.165, 1.54) is 0 Å². The molecule has 0 heterocycles. The van der Waals surface area contributed by atoms with Gasteiger partial charge in [-0.1, -0.05) is 31.2 Å². The van der Waals surface area contributed by atoms with Crippen LogP contribution in [0.25, 0.3) is 0 Å². The molecule has 2 heteroatoms. The van der Waals surface area contributed by atoms with Crippen molar-refractivity contribution >= 4 is 5.78 Å². The van der Waals surface area contributed by atoms with Gasteiger partial charge in [0.2, 0.25) is 0 Å². The molecule has 1 N–H and O–H groups in total. The van der Waals surface area contributed by atoms with Crippen molar-refractivity contribution in [1.82, 2.24) is 5.32 Å². The molecule has 1 aromatic carbocycles. The summed E-state index contributed by atoms with van der Waals surface area (Å²) < 4.78 is 0. The molecule has 0 fully saturated rings. The lowest BCUT2D eigenvalue weighted by Crippen LogP contribution is -2.33. The van der Waals surface area contributed by atoms with Crippen LogP contribution in [0.1, 0.15) is 24.2 Å².